The minimum Gasteiger partial charge on any atom is -0.349 e. The van der Waals surface area contributed by atoms with E-state index in [1.807, 2.05) is 13.8 Å². The van der Waals surface area contributed by atoms with Gasteiger partial charge in [0.15, 0.2) is 0 Å². The highest BCUT2D eigenvalue weighted by Crippen LogP contribution is 1.89. The normalized spacial score (nSPS) is 10.2. The van der Waals surface area contributed by atoms with Crippen molar-refractivity contribution in [3.05, 3.63) is 12.2 Å². The van der Waals surface area contributed by atoms with Crippen molar-refractivity contribution in [2.75, 3.05) is 6.54 Å². The molecule has 2 N–H and O–H groups in total. The summed E-state index contributed by atoms with van der Waals surface area (Å²) in [5.41, 5.74) is 0. The third-order valence-electron chi connectivity index (χ3n) is 1.30. The van der Waals surface area contributed by atoms with Crippen LogP contribution in [0.15, 0.2) is 6.33 Å². The summed E-state index contributed by atoms with van der Waals surface area (Å²) in [6, 6.07) is 0. The van der Waals surface area contributed by atoms with Crippen LogP contribution < -0.4 is 5.32 Å². The van der Waals surface area contributed by atoms with Crippen LogP contribution in [0.1, 0.15) is 24.5 Å². The first-order valence-corrected chi connectivity index (χ1v) is 3.83. The quantitative estimate of drug-likeness (QED) is 0.676. The fraction of sp³-hybridized carbons (Fsp3) is 0.571. The number of nitrogens with zero attached hydrogens (tertiary/aromatic N) is 2. The van der Waals surface area contributed by atoms with Gasteiger partial charge in [0.05, 0.1) is 0 Å². The molecule has 5 heteroatoms. The lowest BCUT2D eigenvalue weighted by Gasteiger charge is -2.04. The lowest BCUT2D eigenvalue weighted by atomic mass is 10.2. The van der Waals surface area contributed by atoms with E-state index >= 15 is 0 Å². The van der Waals surface area contributed by atoms with Crippen molar-refractivity contribution in [3.8, 4) is 0 Å². The Balaban J connectivity index is 2.40. The second-order valence-electron chi connectivity index (χ2n) is 2.94. The van der Waals surface area contributed by atoms with Crippen LogP contribution in [0.2, 0.25) is 0 Å². The monoisotopic (exact) mass is 168 g/mol. The van der Waals surface area contributed by atoms with Crippen molar-refractivity contribution in [1.82, 2.24) is 20.5 Å². The van der Waals surface area contributed by atoms with Gasteiger partial charge in [-0.15, -0.1) is 0 Å². The van der Waals surface area contributed by atoms with E-state index in [1.165, 1.54) is 6.33 Å². The maximum Gasteiger partial charge on any atom is 0.288 e. The van der Waals surface area contributed by atoms with Crippen LogP contribution >= 0.6 is 0 Å². The van der Waals surface area contributed by atoms with E-state index < -0.39 is 0 Å². The molecule has 0 aliphatic carbocycles. The molecule has 0 bridgehead atoms. The maximum atomic E-state index is 11.2. The van der Waals surface area contributed by atoms with Crippen molar-refractivity contribution in [1.29, 1.82) is 0 Å². The number of carbonyl (C=O) groups excluding carboxylic acids is 1. The van der Waals surface area contributed by atoms with Gasteiger partial charge in [-0.25, -0.2) is 4.98 Å². The van der Waals surface area contributed by atoms with Gasteiger partial charge in [0.1, 0.15) is 6.33 Å². The van der Waals surface area contributed by atoms with Crippen molar-refractivity contribution >= 4 is 5.91 Å². The molecule has 1 rings (SSSR count). The zero-order valence-corrected chi connectivity index (χ0v) is 7.16. The van der Waals surface area contributed by atoms with Crippen LogP contribution in [0, 0.1) is 5.92 Å². The van der Waals surface area contributed by atoms with Gasteiger partial charge in [0, 0.05) is 6.54 Å². The first kappa shape index (κ1) is 8.70. The van der Waals surface area contributed by atoms with Crippen molar-refractivity contribution in [3.63, 3.8) is 0 Å². The number of nitrogens with one attached hydrogen (secondary N) is 2. The molecule has 0 spiro atoms. The van der Waals surface area contributed by atoms with Crippen molar-refractivity contribution < 1.29 is 4.79 Å². The number of aromatic nitrogens is 3. The van der Waals surface area contributed by atoms with Crippen LogP contribution in [0.5, 0.6) is 0 Å². The molecule has 5 nitrogen and oxygen atoms in total. The smallest absolute Gasteiger partial charge is 0.288 e. The first-order valence-electron chi connectivity index (χ1n) is 3.83. The minimum atomic E-state index is -0.207. The van der Waals surface area contributed by atoms with Gasteiger partial charge in [0.25, 0.3) is 5.91 Å². The molecule has 1 aromatic heterocycles. The van der Waals surface area contributed by atoms with E-state index in [0.717, 1.165) is 0 Å². The Labute approximate surface area is 70.6 Å². The molecule has 1 amide bonds. The van der Waals surface area contributed by atoms with E-state index in [-0.39, 0.29) is 11.7 Å². The molecular weight excluding hydrogens is 156 g/mol. The van der Waals surface area contributed by atoms with Gasteiger partial charge >= 0.3 is 0 Å². The Bertz CT molecular complexity index is 242. The van der Waals surface area contributed by atoms with E-state index in [4.69, 9.17) is 0 Å². The van der Waals surface area contributed by atoms with E-state index in [9.17, 15) is 4.79 Å². The van der Waals surface area contributed by atoms with E-state index in [1.54, 1.807) is 0 Å². The zero-order chi connectivity index (χ0) is 8.97. The lowest BCUT2D eigenvalue weighted by molar-refractivity contribution is 0.0939. The third kappa shape index (κ3) is 2.34. The highest BCUT2D eigenvalue weighted by atomic mass is 16.2. The SMILES string of the molecule is CC(C)CNC(=O)c1ncn[nH]1. The molecule has 0 aliphatic heterocycles. The largest absolute Gasteiger partial charge is 0.349 e. The summed E-state index contributed by atoms with van der Waals surface area (Å²) >= 11 is 0. The third-order valence-corrected chi connectivity index (χ3v) is 1.30. The lowest BCUT2D eigenvalue weighted by Crippen LogP contribution is -2.28. The van der Waals surface area contributed by atoms with Gasteiger partial charge in [0.2, 0.25) is 5.82 Å². The van der Waals surface area contributed by atoms with E-state index in [2.05, 4.69) is 20.5 Å². The second-order valence-corrected chi connectivity index (χ2v) is 2.94. The van der Waals surface area contributed by atoms with Gasteiger partial charge in [-0.2, -0.15) is 5.10 Å². The molecule has 66 valence electrons. The number of aromatic amines is 1. The zero-order valence-electron chi connectivity index (χ0n) is 7.16. The van der Waals surface area contributed by atoms with Crippen molar-refractivity contribution in [2.24, 2.45) is 5.92 Å². The van der Waals surface area contributed by atoms with Crippen LogP contribution in [0.25, 0.3) is 0 Å². The molecule has 0 atom stereocenters. The van der Waals surface area contributed by atoms with Crippen LogP contribution in [0.4, 0.5) is 0 Å². The molecule has 0 saturated carbocycles. The summed E-state index contributed by atoms with van der Waals surface area (Å²) in [6.07, 6.45) is 1.31. The Hall–Kier alpha value is -1.39. The van der Waals surface area contributed by atoms with Gasteiger partial charge in [-0.1, -0.05) is 13.8 Å². The molecule has 0 radical (unpaired) electrons. The molecule has 0 unspecified atom stereocenters. The Morgan fingerprint density at radius 3 is 3.00 bits per heavy atom. The Kier molecular flexibility index (Phi) is 2.79. The fourth-order valence-electron chi connectivity index (χ4n) is 0.695. The molecule has 0 fully saturated rings. The molecule has 12 heavy (non-hydrogen) atoms. The number of amides is 1. The standard InChI is InChI=1S/C7H12N4O/c1-5(2)3-8-7(12)6-9-4-10-11-6/h4-5H,3H2,1-2H3,(H,8,12)(H,9,10,11). The molecule has 1 aromatic rings. The average Bonchev–Trinajstić information content (AvgIpc) is 2.51. The number of hydrogen-bond acceptors (Lipinski definition) is 3. The number of rotatable bonds is 3. The van der Waals surface area contributed by atoms with Gasteiger partial charge < -0.3 is 5.32 Å². The summed E-state index contributed by atoms with van der Waals surface area (Å²) in [5, 5.41) is 8.77. The average molecular weight is 168 g/mol. The van der Waals surface area contributed by atoms with Crippen LogP contribution in [0.3, 0.4) is 0 Å². The summed E-state index contributed by atoms with van der Waals surface area (Å²) in [6.45, 7) is 4.71. The summed E-state index contributed by atoms with van der Waals surface area (Å²) in [4.78, 5) is 14.9. The number of H-pyrrole nitrogens is 1. The molecule has 0 aromatic carbocycles. The molecular formula is C7H12N4O. The van der Waals surface area contributed by atoms with Gasteiger partial charge in [-0.3, -0.25) is 9.89 Å². The predicted molar refractivity (Wildman–Crippen MR) is 43.6 cm³/mol. The number of hydrogen-bond donors (Lipinski definition) is 2. The topological polar surface area (TPSA) is 70.7 Å². The molecule has 0 saturated heterocycles. The number of carbonyl (C=O) groups is 1. The summed E-state index contributed by atoms with van der Waals surface area (Å²) in [5.74, 6) is 0.494. The van der Waals surface area contributed by atoms with Gasteiger partial charge in [-0.05, 0) is 5.92 Å². The predicted octanol–water partition coefficient (Wildman–Crippen LogP) is 0.191. The van der Waals surface area contributed by atoms with Crippen molar-refractivity contribution in [2.45, 2.75) is 13.8 Å². The highest BCUT2D eigenvalue weighted by molar-refractivity contribution is 5.90. The molecule has 0 aliphatic rings. The fourth-order valence-corrected chi connectivity index (χ4v) is 0.695. The van der Waals surface area contributed by atoms with E-state index in [0.29, 0.717) is 12.5 Å². The summed E-state index contributed by atoms with van der Waals surface area (Å²) in [7, 11) is 0. The minimum absolute atomic E-state index is 0.207. The first-order chi connectivity index (χ1) is 5.70. The summed E-state index contributed by atoms with van der Waals surface area (Å²) < 4.78 is 0. The highest BCUT2D eigenvalue weighted by Gasteiger charge is 2.07. The van der Waals surface area contributed by atoms with Crippen LogP contribution in [-0.2, 0) is 0 Å². The van der Waals surface area contributed by atoms with Crippen LogP contribution in [-0.4, -0.2) is 27.6 Å². The Morgan fingerprint density at radius 1 is 1.75 bits per heavy atom. The maximum absolute atomic E-state index is 11.2. The molecule has 1 heterocycles. The Morgan fingerprint density at radius 2 is 2.50 bits per heavy atom. The second kappa shape index (κ2) is 3.85.